The molecular formula is C11H11BrO4. The molecular weight excluding hydrogens is 276 g/mol. The third kappa shape index (κ3) is 3.34. The number of benzene rings is 1. The van der Waals surface area contributed by atoms with E-state index in [0.717, 1.165) is 0 Å². The van der Waals surface area contributed by atoms with Crippen molar-refractivity contribution in [3.8, 4) is 5.75 Å². The van der Waals surface area contributed by atoms with E-state index in [2.05, 4.69) is 15.9 Å². The molecule has 1 aromatic rings. The van der Waals surface area contributed by atoms with Crippen LogP contribution in [0.1, 0.15) is 22.8 Å². The molecule has 0 spiro atoms. The van der Waals surface area contributed by atoms with Crippen LogP contribution in [0.15, 0.2) is 18.2 Å². The van der Waals surface area contributed by atoms with Crippen LogP contribution in [-0.4, -0.2) is 22.2 Å². The largest absolute Gasteiger partial charge is 0.508 e. The van der Waals surface area contributed by atoms with Crippen molar-refractivity contribution in [2.24, 2.45) is 0 Å². The second-order valence-electron chi connectivity index (χ2n) is 3.18. The van der Waals surface area contributed by atoms with E-state index in [1.54, 1.807) is 0 Å². The van der Waals surface area contributed by atoms with Gasteiger partial charge in [0.15, 0.2) is 5.78 Å². The summed E-state index contributed by atoms with van der Waals surface area (Å²) in [5.74, 6) is -0.520. The standard InChI is InChI=1S/C11H11BrO4/c1-7(13)16-6-9-4-8(11(15)5-12)2-3-10(9)14/h2-4,14H,5-6H2,1H3. The lowest BCUT2D eigenvalue weighted by molar-refractivity contribution is -0.142. The fourth-order valence-electron chi connectivity index (χ4n) is 1.13. The zero-order chi connectivity index (χ0) is 12.1. The van der Waals surface area contributed by atoms with Gasteiger partial charge in [-0.2, -0.15) is 0 Å². The molecule has 5 heteroatoms. The van der Waals surface area contributed by atoms with Gasteiger partial charge in [-0.3, -0.25) is 9.59 Å². The molecule has 0 radical (unpaired) electrons. The van der Waals surface area contributed by atoms with Gasteiger partial charge in [0.1, 0.15) is 12.4 Å². The number of alkyl halides is 1. The van der Waals surface area contributed by atoms with Crippen LogP contribution in [0.3, 0.4) is 0 Å². The van der Waals surface area contributed by atoms with Crippen LogP contribution in [0.2, 0.25) is 0 Å². The van der Waals surface area contributed by atoms with Crippen molar-refractivity contribution >= 4 is 27.7 Å². The summed E-state index contributed by atoms with van der Waals surface area (Å²) in [5, 5.41) is 9.70. The van der Waals surface area contributed by atoms with Crippen molar-refractivity contribution < 1.29 is 19.4 Å². The van der Waals surface area contributed by atoms with Gasteiger partial charge in [-0.15, -0.1) is 0 Å². The maximum atomic E-state index is 11.4. The summed E-state index contributed by atoms with van der Waals surface area (Å²) in [7, 11) is 0. The van der Waals surface area contributed by atoms with Crippen LogP contribution in [-0.2, 0) is 16.1 Å². The Hall–Kier alpha value is -1.36. The zero-order valence-corrected chi connectivity index (χ0v) is 10.3. The van der Waals surface area contributed by atoms with Gasteiger partial charge in [-0.25, -0.2) is 0 Å². The molecule has 0 atom stereocenters. The van der Waals surface area contributed by atoms with Crippen LogP contribution < -0.4 is 0 Å². The van der Waals surface area contributed by atoms with E-state index in [1.165, 1.54) is 25.1 Å². The molecule has 0 aliphatic carbocycles. The Morgan fingerprint density at radius 3 is 2.69 bits per heavy atom. The molecule has 0 unspecified atom stereocenters. The molecule has 0 heterocycles. The van der Waals surface area contributed by atoms with Crippen molar-refractivity contribution in [1.29, 1.82) is 0 Å². The molecule has 1 N–H and O–H groups in total. The van der Waals surface area contributed by atoms with E-state index in [1.807, 2.05) is 0 Å². The van der Waals surface area contributed by atoms with E-state index in [4.69, 9.17) is 4.74 Å². The summed E-state index contributed by atoms with van der Waals surface area (Å²) in [6.45, 7) is 1.25. The maximum absolute atomic E-state index is 11.4. The van der Waals surface area contributed by atoms with E-state index in [9.17, 15) is 14.7 Å². The molecule has 0 fully saturated rings. The highest BCUT2D eigenvalue weighted by molar-refractivity contribution is 9.09. The second-order valence-corrected chi connectivity index (χ2v) is 3.74. The number of phenols is 1. The minimum atomic E-state index is -0.434. The number of hydrogen-bond donors (Lipinski definition) is 1. The number of esters is 1. The number of phenolic OH excluding ortho intramolecular Hbond substituents is 1. The molecule has 0 amide bonds. The van der Waals surface area contributed by atoms with Crippen molar-refractivity contribution in [1.82, 2.24) is 0 Å². The SMILES string of the molecule is CC(=O)OCc1cc(C(=O)CBr)ccc1O. The molecule has 0 aliphatic heterocycles. The fourth-order valence-corrected chi connectivity index (χ4v) is 1.45. The molecule has 0 aliphatic rings. The average molecular weight is 287 g/mol. The minimum Gasteiger partial charge on any atom is -0.508 e. The highest BCUT2D eigenvalue weighted by Crippen LogP contribution is 2.20. The van der Waals surface area contributed by atoms with E-state index in [0.29, 0.717) is 11.1 Å². The van der Waals surface area contributed by atoms with Gasteiger partial charge < -0.3 is 9.84 Å². The van der Waals surface area contributed by atoms with Crippen LogP contribution >= 0.6 is 15.9 Å². The minimum absolute atomic E-state index is 0.00683. The summed E-state index contributed by atoms with van der Waals surface area (Å²) >= 11 is 3.06. The number of carbonyl (C=O) groups excluding carboxylic acids is 2. The number of aromatic hydroxyl groups is 1. The first-order valence-electron chi connectivity index (χ1n) is 4.59. The lowest BCUT2D eigenvalue weighted by atomic mass is 10.1. The molecule has 1 aromatic carbocycles. The van der Waals surface area contributed by atoms with E-state index in [-0.39, 0.29) is 23.5 Å². The molecule has 86 valence electrons. The topological polar surface area (TPSA) is 63.6 Å². The average Bonchev–Trinajstić information content (AvgIpc) is 2.26. The van der Waals surface area contributed by atoms with Gasteiger partial charge in [0.2, 0.25) is 0 Å². The number of carbonyl (C=O) groups is 2. The first-order valence-corrected chi connectivity index (χ1v) is 5.71. The monoisotopic (exact) mass is 286 g/mol. The van der Waals surface area contributed by atoms with Gasteiger partial charge in [-0.05, 0) is 18.2 Å². The quantitative estimate of drug-likeness (QED) is 0.523. The molecule has 0 saturated heterocycles. The summed E-state index contributed by atoms with van der Waals surface area (Å²) in [5.41, 5.74) is 0.888. The summed E-state index contributed by atoms with van der Waals surface area (Å²) in [6.07, 6.45) is 0. The molecule has 4 nitrogen and oxygen atoms in total. The number of hydrogen-bond acceptors (Lipinski definition) is 4. The third-order valence-electron chi connectivity index (χ3n) is 1.95. The zero-order valence-electron chi connectivity index (χ0n) is 8.70. The first-order chi connectivity index (χ1) is 7.54. The Morgan fingerprint density at radius 2 is 2.12 bits per heavy atom. The van der Waals surface area contributed by atoms with Crippen molar-refractivity contribution in [3.05, 3.63) is 29.3 Å². The second kappa shape index (κ2) is 5.65. The van der Waals surface area contributed by atoms with Crippen LogP contribution in [0.25, 0.3) is 0 Å². The van der Waals surface area contributed by atoms with Gasteiger partial charge in [0, 0.05) is 18.1 Å². The fraction of sp³-hybridized carbons (Fsp3) is 0.273. The Balaban J connectivity index is 2.90. The van der Waals surface area contributed by atoms with Gasteiger partial charge in [0.25, 0.3) is 0 Å². The van der Waals surface area contributed by atoms with E-state index < -0.39 is 5.97 Å². The van der Waals surface area contributed by atoms with Crippen LogP contribution in [0, 0.1) is 0 Å². The number of ketones is 1. The number of ether oxygens (including phenoxy) is 1. The third-order valence-corrected chi connectivity index (χ3v) is 2.46. The highest BCUT2D eigenvalue weighted by Gasteiger charge is 2.09. The first kappa shape index (κ1) is 12.7. The van der Waals surface area contributed by atoms with Crippen molar-refractivity contribution in [2.45, 2.75) is 13.5 Å². The molecule has 1 rings (SSSR count). The Morgan fingerprint density at radius 1 is 1.44 bits per heavy atom. The number of halogens is 1. The van der Waals surface area contributed by atoms with Gasteiger partial charge >= 0.3 is 5.97 Å². The van der Waals surface area contributed by atoms with Crippen molar-refractivity contribution in [2.75, 3.05) is 5.33 Å². The number of Topliss-reactive ketones (excluding diaryl/α,β-unsaturated/α-hetero) is 1. The number of rotatable bonds is 4. The summed E-state index contributed by atoms with van der Waals surface area (Å²) < 4.78 is 4.76. The van der Waals surface area contributed by atoms with Crippen LogP contribution in [0.5, 0.6) is 5.75 Å². The van der Waals surface area contributed by atoms with Crippen LogP contribution in [0.4, 0.5) is 0 Å². The molecule has 0 saturated carbocycles. The summed E-state index contributed by atoms with van der Waals surface area (Å²) in [6, 6.07) is 4.45. The van der Waals surface area contributed by atoms with Gasteiger partial charge in [-0.1, -0.05) is 15.9 Å². The highest BCUT2D eigenvalue weighted by atomic mass is 79.9. The lowest BCUT2D eigenvalue weighted by Gasteiger charge is -2.06. The normalized spacial score (nSPS) is 9.88. The van der Waals surface area contributed by atoms with Gasteiger partial charge in [0.05, 0.1) is 5.33 Å². The Labute approximate surface area is 101 Å². The smallest absolute Gasteiger partial charge is 0.302 e. The predicted molar refractivity (Wildman–Crippen MR) is 61.7 cm³/mol. The Bertz CT molecular complexity index is 414. The maximum Gasteiger partial charge on any atom is 0.302 e. The molecule has 0 aromatic heterocycles. The Kier molecular flexibility index (Phi) is 4.49. The van der Waals surface area contributed by atoms with E-state index >= 15 is 0 Å². The van der Waals surface area contributed by atoms with Crippen molar-refractivity contribution in [3.63, 3.8) is 0 Å². The molecule has 0 bridgehead atoms. The summed E-state index contributed by atoms with van der Waals surface area (Å²) in [4.78, 5) is 22.0. The molecule has 16 heavy (non-hydrogen) atoms. The predicted octanol–water partition coefficient (Wildman–Crippen LogP) is 2.03. The lowest BCUT2D eigenvalue weighted by Crippen LogP contribution is -2.03.